The van der Waals surface area contributed by atoms with Crippen LogP contribution in [0.5, 0.6) is 23.0 Å². The van der Waals surface area contributed by atoms with Crippen molar-refractivity contribution in [2.24, 2.45) is 0 Å². The third kappa shape index (κ3) is 9.31. The fourth-order valence-electron chi connectivity index (χ4n) is 2.57. The van der Waals surface area contributed by atoms with Gasteiger partial charge in [0.2, 0.25) is 0 Å². The summed E-state index contributed by atoms with van der Waals surface area (Å²) in [5, 5.41) is 0. The summed E-state index contributed by atoms with van der Waals surface area (Å²) in [5.41, 5.74) is 0. The lowest BCUT2D eigenvalue weighted by Gasteiger charge is -2.21. The Bertz CT molecular complexity index is 843. The maximum absolute atomic E-state index is 6.47. The smallest absolute Gasteiger partial charge is 0.162 e. The van der Waals surface area contributed by atoms with Gasteiger partial charge in [-0.25, -0.2) is 0 Å². The quantitative estimate of drug-likeness (QED) is 0.246. The van der Waals surface area contributed by atoms with Crippen LogP contribution < -0.4 is 18.9 Å². The van der Waals surface area contributed by atoms with Gasteiger partial charge in [-0.3, -0.25) is 0 Å². The zero-order chi connectivity index (χ0) is 24.8. The SMILES string of the molecule is Cl[C@@H]1COc2cc(Br)c(Br)cc2OC[C@@H](Cl)S[C@@H](Cl)COc2cc(Br)c(Br)cc2OC[C@@H](Cl)S1. The average Bonchev–Trinajstić information content (AvgIpc) is 2.77. The minimum absolute atomic E-state index is 0.195. The van der Waals surface area contributed by atoms with Crippen LogP contribution in [0.1, 0.15) is 0 Å². The van der Waals surface area contributed by atoms with E-state index in [2.05, 4.69) is 63.7 Å². The van der Waals surface area contributed by atoms with Crippen LogP contribution in [0.4, 0.5) is 0 Å². The minimum Gasteiger partial charge on any atom is -0.487 e. The van der Waals surface area contributed by atoms with Crippen molar-refractivity contribution in [3.8, 4) is 23.0 Å². The molecule has 2 aromatic rings. The predicted octanol–water partition coefficient (Wildman–Crippen LogP) is 9.69. The van der Waals surface area contributed by atoms with Gasteiger partial charge in [-0.1, -0.05) is 0 Å². The fourth-order valence-corrected chi connectivity index (χ4v) is 7.15. The molecule has 14 heteroatoms. The number of alkyl halides is 4. The molecule has 0 bridgehead atoms. The molecule has 0 aliphatic carbocycles. The van der Waals surface area contributed by atoms with Gasteiger partial charge in [0.1, 0.15) is 45.3 Å². The molecule has 4 atom stereocenters. The molecule has 4 nitrogen and oxygen atoms in total. The molecule has 1 aliphatic rings. The Labute approximate surface area is 260 Å². The number of ether oxygens (including phenoxy) is 4. The molecule has 0 N–H and O–H groups in total. The second-order valence-corrected chi connectivity index (χ2v) is 16.0. The Morgan fingerprint density at radius 3 is 0.912 bits per heavy atom. The van der Waals surface area contributed by atoms with Crippen molar-refractivity contribution in [1.29, 1.82) is 0 Å². The molecule has 34 heavy (non-hydrogen) atoms. The fraction of sp³-hybridized carbons (Fsp3) is 0.400. The van der Waals surface area contributed by atoms with Crippen LogP contribution >= 0.6 is 134 Å². The van der Waals surface area contributed by atoms with E-state index < -0.39 is 18.8 Å². The van der Waals surface area contributed by atoms with E-state index in [1.807, 2.05) is 0 Å². The van der Waals surface area contributed by atoms with Gasteiger partial charge in [0.25, 0.3) is 0 Å². The summed E-state index contributed by atoms with van der Waals surface area (Å²) in [7, 11) is 0. The highest BCUT2D eigenvalue weighted by Crippen LogP contribution is 2.40. The number of halogens is 8. The topological polar surface area (TPSA) is 36.9 Å². The molecule has 0 spiro atoms. The summed E-state index contributed by atoms with van der Waals surface area (Å²) < 4.78 is 25.3. The zero-order valence-electron chi connectivity index (χ0n) is 16.9. The molecule has 0 saturated carbocycles. The molecule has 0 aromatic heterocycles. The molecule has 188 valence electrons. The lowest BCUT2D eigenvalue weighted by molar-refractivity contribution is 0.279. The molecule has 0 amide bonds. The largest absolute Gasteiger partial charge is 0.487 e. The van der Waals surface area contributed by atoms with Crippen LogP contribution in [0.2, 0.25) is 0 Å². The van der Waals surface area contributed by atoms with E-state index in [0.717, 1.165) is 17.9 Å². The summed E-state index contributed by atoms with van der Waals surface area (Å²) >= 11 is 42.4. The first-order valence-electron chi connectivity index (χ1n) is 9.49. The van der Waals surface area contributed by atoms with Crippen LogP contribution in [0.3, 0.4) is 0 Å². The van der Waals surface area contributed by atoms with E-state index in [0.29, 0.717) is 23.0 Å². The lowest BCUT2D eigenvalue weighted by atomic mass is 10.3. The van der Waals surface area contributed by atoms with Crippen LogP contribution in [0.25, 0.3) is 0 Å². The summed E-state index contributed by atoms with van der Waals surface area (Å²) in [6.45, 7) is 0.781. The van der Waals surface area contributed by atoms with Gasteiger partial charge in [0.15, 0.2) is 23.0 Å². The van der Waals surface area contributed by atoms with E-state index >= 15 is 0 Å². The number of hydrogen-bond acceptors (Lipinski definition) is 6. The molecule has 0 radical (unpaired) electrons. The third-order valence-electron chi connectivity index (χ3n) is 4.04. The highest BCUT2D eigenvalue weighted by Gasteiger charge is 2.21. The Morgan fingerprint density at radius 2 is 0.706 bits per heavy atom. The van der Waals surface area contributed by atoms with Gasteiger partial charge in [-0.05, 0) is 88.0 Å². The Hall–Kier alpha value is 1.42. The number of hydrogen-bond donors (Lipinski definition) is 0. The van der Waals surface area contributed by atoms with Crippen molar-refractivity contribution in [2.75, 3.05) is 26.4 Å². The number of fused-ring (bicyclic) bond motifs is 2. The van der Waals surface area contributed by atoms with Crippen molar-refractivity contribution in [1.82, 2.24) is 0 Å². The summed E-state index contributed by atoms with van der Waals surface area (Å²) in [4.78, 5) is 0. The molecular weight excluding hydrogens is 830 g/mol. The molecule has 2 aromatic carbocycles. The first kappa shape index (κ1) is 30.0. The van der Waals surface area contributed by atoms with Crippen molar-refractivity contribution < 1.29 is 18.9 Å². The van der Waals surface area contributed by atoms with E-state index in [9.17, 15) is 0 Å². The highest BCUT2D eigenvalue weighted by atomic mass is 79.9. The van der Waals surface area contributed by atoms with Crippen molar-refractivity contribution in [3.05, 3.63) is 42.2 Å². The molecule has 3 rings (SSSR count). The van der Waals surface area contributed by atoms with E-state index in [1.165, 1.54) is 23.5 Å². The molecule has 1 aliphatic heterocycles. The number of thioether (sulfide) groups is 2. The van der Waals surface area contributed by atoms with Crippen LogP contribution in [-0.2, 0) is 0 Å². The predicted molar refractivity (Wildman–Crippen MR) is 159 cm³/mol. The van der Waals surface area contributed by atoms with Crippen molar-refractivity contribution >= 4 is 134 Å². The highest BCUT2D eigenvalue weighted by molar-refractivity contribution is 9.13. The standard InChI is InChI=1S/C20H16Br4Cl4O4S2/c21-9-1-13-14(2-10(9)22)30-6-18(26)34-20(28)8-32-16-4-12(24)11(23)3-15(16)31-7-19(27)33-17(25)5-29-13/h1-4,17-20H,5-8H2/t17-,18-,19-,20+/m0/s1. The summed E-state index contributed by atoms with van der Waals surface area (Å²) in [6, 6.07) is 7.20. The first-order chi connectivity index (χ1) is 16.1. The van der Waals surface area contributed by atoms with E-state index in [1.54, 1.807) is 24.3 Å². The number of rotatable bonds is 0. The molecular formula is C20H16Br4Cl4O4S2. The number of benzene rings is 2. The van der Waals surface area contributed by atoms with E-state index in [-0.39, 0.29) is 26.4 Å². The van der Waals surface area contributed by atoms with Crippen molar-refractivity contribution in [2.45, 2.75) is 18.8 Å². The van der Waals surface area contributed by atoms with Gasteiger partial charge >= 0.3 is 0 Å². The Morgan fingerprint density at radius 1 is 0.500 bits per heavy atom. The second-order valence-electron chi connectivity index (χ2n) is 6.58. The lowest BCUT2D eigenvalue weighted by Crippen LogP contribution is -2.18. The van der Waals surface area contributed by atoms with Gasteiger partial charge in [-0.2, -0.15) is 0 Å². The maximum Gasteiger partial charge on any atom is 0.162 e. The van der Waals surface area contributed by atoms with Crippen LogP contribution in [-0.4, -0.2) is 45.3 Å². The summed E-state index contributed by atoms with van der Waals surface area (Å²) in [6.07, 6.45) is 0. The van der Waals surface area contributed by atoms with Crippen LogP contribution in [0.15, 0.2) is 42.2 Å². The molecule has 0 unspecified atom stereocenters. The Balaban J connectivity index is 1.80. The molecule has 0 saturated heterocycles. The van der Waals surface area contributed by atoms with Crippen LogP contribution in [0, 0.1) is 0 Å². The summed E-state index contributed by atoms with van der Waals surface area (Å²) in [5.74, 6) is 2.09. The zero-order valence-corrected chi connectivity index (χ0v) is 27.9. The second kappa shape index (κ2) is 14.5. The van der Waals surface area contributed by atoms with Gasteiger partial charge in [0.05, 0.1) is 0 Å². The van der Waals surface area contributed by atoms with Gasteiger partial charge in [-0.15, -0.1) is 69.9 Å². The third-order valence-corrected chi connectivity index (χ3v) is 11.2. The molecule has 1 heterocycles. The monoisotopic (exact) mass is 840 g/mol. The average molecular weight is 846 g/mol. The van der Waals surface area contributed by atoms with Gasteiger partial charge < -0.3 is 18.9 Å². The minimum atomic E-state index is -0.430. The maximum atomic E-state index is 6.47. The Kier molecular flexibility index (Phi) is 12.8. The van der Waals surface area contributed by atoms with Gasteiger partial charge in [0, 0.05) is 17.9 Å². The van der Waals surface area contributed by atoms with E-state index in [4.69, 9.17) is 65.4 Å². The first-order valence-corrected chi connectivity index (χ1v) is 16.3. The van der Waals surface area contributed by atoms with Crippen molar-refractivity contribution in [3.63, 3.8) is 0 Å². The molecule has 0 fully saturated rings. The normalized spacial score (nSPS) is 24.7.